The van der Waals surface area contributed by atoms with Crippen LogP contribution in [0.25, 0.3) is 0 Å². The molecule has 0 aromatic carbocycles. The van der Waals surface area contributed by atoms with Crippen LogP contribution in [0.2, 0.25) is 0 Å². The van der Waals surface area contributed by atoms with Crippen LogP contribution in [0, 0.1) is 0 Å². The third-order valence-electron chi connectivity index (χ3n) is 0. The summed E-state index contributed by atoms with van der Waals surface area (Å²) in [7, 11) is 0. The normalized spacial score (nSPS) is 0. The third-order valence-corrected chi connectivity index (χ3v) is 0. The van der Waals surface area contributed by atoms with Crippen molar-refractivity contribution in [1.82, 2.24) is 6.15 Å². The molecule has 0 radical (unpaired) electrons. The van der Waals surface area contributed by atoms with Crippen LogP contribution in [0.1, 0.15) is 0 Å². The molecule has 10 N–H and O–H groups in total. The molecule has 0 aromatic rings. The number of rotatable bonds is 0. The van der Waals surface area contributed by atoms with Gasteiger partial charge in [0, 0.05) is 0 Å². The fraction of sp³-hybridized carbons (Fsp3) is 0. The van der Waals surface area contributed by atoms with Crippen LogP contribution in [-0.4, -0.2) is 21.9 Å². The summed E-state index contributed by atoms with van der Waals surface area (Å²) in [6.45, 7) is 0. The van der Waals surface area contributed by atoms with E-state index >= 15 is 0 Å². The Morgan fingerprint density at radius 3 is 0.667 bits per heavy atom. The summed E-state index contributed by atoms with van der Waals surface area (Å²) in [4.78, 5) is 0. The molecular formula is H10LiNO4. The van der Waals surface area contributed by atoms with Crippen molar-refractivity contribution in [3.05, 3.63) is 0 Å². The fourth-order valence-corrected chi connectivity index (χ4v) is 0. The van der Waals surface area contributed by atoms with E-state index in [1.54, 1.807) is 0 Å². The van der Waals surface area contributed by atoms with Gasteiger partial charge >= 0.3 is 18.9 Å². The molecule has 40 valence electrons. The van der Waals surface area contributed by atoms with Gasteiger partial charge in [0.25, 0.3) is 0 Å². The molecule has 0 saturated carbocycles. The SMILES string of the molecule is N.O.O.O.[Li+].[OH-]. The molecule has 5 nitrogen and oxygen atoms in total. The monoisotopic (exact) mass is 95.1 g/mol. The van der Waals surface area contributed by atoms with Crippen molar-refractivity contribution in [2.75, 3.05) is 0 Å². The van der Waals surface area contributed by atoms with Crippen molar-refractivity contribution in [2.45, 2.75) is 0 Å². The molecule has 0 amide bonds. The Morgan fingerprint density at radius 2 is 0.667 bits per heavy atom. The summed E-state index contributed by atoms with van der Waals surface area (Å²) in [6, 6.07) is 0. The van der Waals surface area contributed by atoms with E-state index in [4.69, 9.17) is 0 Å². The summed E-state index contributed by atoms with van der Waals surface area (Å²) in [5.41, 5.74) is 0. The van der Waals surface area contributed by atoms with E-state index in [-0.39, 0.29) is 46.9 Å². The largest absolute Gasteiger partial charge is 1.00 e. The second kappa shape index (κ2) is 661. The molecule has 0 aliphatic rings. The van der Waals surface area contributed by atoms with Crippen molar-refractivity contribution >= 4 is 0 Å². The Morgan fingerprint density at radius 1 is 0.667 bits per heavy atom. The second-order valence-corrected chi connectivity index (χ2v) is 0. The quantitative estimate of drug-likeness (QED) is 0.297. The minimum Gasteiger partial charge on any atom is -0.870 e. The summed E-state index contributed by atoms with van der Waals surface area (Å²) >= 11 is 0. The minimum atomic E-state index is 0. The first-order valence-electron chi connectivity index (χ1n) is 0. The van der Waals surface area contributed by atoms with Gasteiger partial charge in [-0.05, 0) is 0 Å². The van der Waals surface area contributed by atoms with E-state index in [0.29, 0.717) is 0 Å². The summed E-state index contributed by atoms with van der Waals surface area (Å²) in [5.74, 6) is 0. The Bertz CT molecular complexity index is 7.51. The van der Waals surface area contributed by atoms with Gasteiger partial charge in [0.2, 0.25) is 0 Å². The van der Waals surface area contributed by atoms with Crippen molar-refractivity contribution in [3.63, 3.8) is 0 Å². The standard InChI is InChI=1S/Li.H3N.4H2O/h;1H3;4*1H2/q+1;;;;;/p-1. The van der Waals surface area contributed by atoms with Crippen LogP contribution in [0.5, 0.6) is 0 Å². The number of hydrogen-bond acceptors (Lipinski definition) is 2. The molecule has 0 atom stereocenters. The van der Waals surface area contributed by atoms with Crippen molar-refractivity contribution in [1.29, 1.82) is 0 Å². The molecular weight excluding hydrogens is 84.9 g/mol. The zero-order chi connectivity index (χ0) is 0. The zero-order valence-corrected chi connectivity index (χ0v) is 3.65. The Balaban J connectivity index is 0. The molecule has 0 aliphatic heterocycles. The molecule has 0 aliphatic carbocycles. The Labute approximate surface area is 47.7 Å². The van der Waals surface area contributed by atoms with Crippen molar-refractivity contribution in [2.24, 2.45) is 0 Å². The van der Waals surface area contributed by atoms with Gasteiger partial charge in [0.05, 0.1) is 0 Å². The Hall–Kier alpha value is 0.397. The molecule has 0 fully saturated rings. The molecule has 0 unspecified atom stereocenters. The molecule has 6 heavy (non-hydrogen) atoms. The third kappa shape index (κ3) is 321. The van der Waals surface area contributed by atoms with Crippen LogP contribution >= 0.6 is 0 Å². The van der Waals surface area contributed by atoms with E-state index < -0.39 is 0 Å². The predicted molar refractivity (Wildman–Crippen MR) is 17.8 cm³/mol. The van der Waals surface area contributed by atoms with Gasteiger partial charge in [0.15, 0.2) is 0 Å². The van der Waals surface area contributed by atoms with Crippen LogP contribution in [0.3, 0.4) is 0 Å². The Kier molecular flexibility index (Phi) is 130000. The topological polar surface area (TPSA) is 160 Å². The van der Waals surface area contributed by atoms with E-state index in [1.807, 2.05) is 0 Å². The van der Waals surface area contributed by atoms with Crippen LogP contribution in [0.4, 0.5) is 0 Å². The first-order valence-corrected chi connectivity index (χ1v) is 0. The first kappa shape index (κ1) is 1180. The number of hydrogen-bond donors (Lipinski definition) is 1. The van der Waals surface area contributed by atoms with Gasteiger partial charge in [-0.3, -0.25) is 0 Å². The average molecular weight is 95.0 g/mol. The molecule has 0 bridgehead atoms. The maximum atomic E-state index is 0. The van der Waals surface area contributed by atoms with Gasteiger partial charge in [0.1, 0.15) is 0 Å². The van der Waals surface area contributed by atoms with E-state index in [2.05, 4.69) is 0 Å². The maximum Gasteiger partial charge on any atom is 1.00 e. The van der Waals surface area contributed by atoms with E-state index in [0.717, 1.165) is 0 Å². The molecule has 0 heterocycles. The van der Waals surface area contributed by atoms with Gasteiger partial charge in [-0.25, -0.2) is 0 Å². The van der Waals surface area contributed by atoms with E-state index in [9.17, 15) is 0 Å². The van der Waals surface area contributed by atoms with Crippen LogP contribution in [-0.2, 0) is 0 Å². The van der Waals surface area contributed by atoms with Crippen LogP contribution in [0.15, 0.2) is 0 Å². The maximum absolute atomic E-state index is 0. The molecule has 0 saturated heterocycles. The smallest absolute Gasteiger partial charge is 0.870 e. The first-order chi connectivity index (χ1) is 0. The zero-order valence-electron chi connectivity index (χ0n) is 3.65. The summed E-state index contributed by atoms with van der Waals surface area (Å²) in [6.07, 6.45) is 0. The van der Waals surface area contributed by atoms with Crippen molar-refractivity contribution in [3.8, 4) is 0 Å². The molecule has 0 aromatic heterocycles. The van der Waals surface area contributed by atoms with Gasteiger partial charge in [-0.1, -0.05) is 0 Å². The molecule has 6 heteroatoms. The summed E-state index contributed by atoms with van der Waals surface area (Å²) in [5, 5.41) is 0. The predicted octanol–water partition coefficient (Wildman–Crippen LogP) is -5.48. The van der Waals surface area contributed by atoms with Crippen LogP contribution < -0.4 is 25.0 Å². The molecule has 0 rings (SSSR count). The van der Waals surface area contributed by atoms with Gasteiger partial charge < -0.3 is 28.1 Å². The fourth-order valence-electron chi connectivity index (χ4n) is 0. The minimum absolute atomic E-state index is 0. The van der Waals surface area contributed by atoms with Gasteiger partial charge in [-0.15, -0.1) is 0 Å². The molecule has 0 spiro atoms. The second-order valence-electron chi connectivity index (χ2n) is 0. The van der Waals surface area contributed by atoms with Crippen molar-refractivity contribution < 1.29 is 40.8 Å². The average Bonchev–Trinajstić information content (AvgIpc) is 0. The summed E-state index contributed by atoms with van der Waals surface area (Å²) < 4.78 is 0. The van der Waals surface area contributed by atoms with Gasteiger partial charge in [-0.2, -0.15) is 0 Å². The van der Waals surface area contributed by atoms with E-state index in [1.165, 1.54) is 0 Å².